The molecule has 4 heterocycles. The summed E-state index contributed by atoms with van der Waals surface area (Å²) in [5.41, 5.74) is 3.02. The molecule has 0 radical (unpaired) electrons. The van der Waals surface area contributed by atoms with E-state index in [0.717, 1.165) is 43.2 Å². The third-order valence-electron chi connectivity index (χ3n) is 7.01. The fourth-order valence-corrected chi connectivity index (χ4v) is 5.48. The predicted molar refractivity (Wildman–Crippen MR) is 149 cm³/mol. The molecule has 2 aromatic heterocycles. The van der Waals surface area contributed by atoms with Gasteiger partial charge in [0.15, 0.2) is 0 Å². The topological polar surface area (TPSA) is 124 Å². The fraction of sp³-hybridized carbons (Fsp3) is 0.407. The first-order valence-electron chi connectivity index (χ1n) is 13.2. The summed E-state index contributed by atoms with van der Waals surface area (Å²) in [5, 5.41) is 10.3. The molecule has 2 aliphatic heterocycles. The number of nitrogens with one attached hydrogen (secondary N) is 2. The number of carbonyl (C=O) groups is 3. The van der Waals surface area contributed by atoms with Gasteiger partial charge >= 0.3 is 0 Å². The Bertz CT molecular complexity index is 1320. The van der Waals surface area contributed by atoms with Crippen LogP contribution >= 0.6 is 11.5 Å². The van der Waals surface area contributed by atoms with Crippen molar-refractivity contribution in [2.24, 2.45) is 0 Å². The minimum atomic E-state index is -0.310. The molecular weight excluding hydrogens is 516 g/mol. The van der Waals surface area contributed by atoms with Crippen molar-refractivity contribution in [3.8, 4) is 0 Å². The van der Waals surface area contributed by atoms with Gasteiger partial charge in [0.25, 0.3) is 17.7 Å². The van der Waals surface area contributed by atoms with Crippen molar-refractivity contribution in [3.05, 3.63) is 64.4 Å². The van der Waals surface area contributed by atoms with Gasteiger partial charge in [-0.15, -0.1) is 5.10 Å². The van der Waals surface area contributed by atoms with E-state index in [0.29, 0.717) is 66.7 Å². The van der Waals surface area contributed by atoms with Crippen molar-refractivity contribution in [1.29, 1.82) is 0 Å². The van der Waals surface area contributed by atoms with Crippen LogP contribution in [0, 0.1) is 6.92 Å². The van der Waals surface area contributed by atoms with Crippen LogP contribution in [0.15, 0.2) is 42.7 Å². The summed E-state index contributed by atoms with van der Waals surface area (Å²) in [4.78, 5) is 49.9. The Kier molecular flexibility index (Phi) is 8.42. The lowest BCUT2D eigenvalue weighted by molar-refractivity contribution is 0.0758. The van der Waals surface area contributed by atoms with Crippen LogP contribution < -0.4 is 15.5 Å². The van der Waals surface area contributed by atoms with Gasteiger partial charge in [-0.25, -0.2) is 0 Å². The fourth-order valence-electron chi connectivity index (χ4n) is 4.93. The summed E-state index contributed by atoms with van der Waals surface area (Å²) < 4.78 is 3.89. The summed E-state index contributed by atoms with van der Waals surface area (Å²) in [5.74, 6) is -0.407. The summed E-state index contributed by atoms with van der Waals surface area (Å²) in [6.45, 7) is 7.16. The Balaban J connectivity index is 1.39. The van der Waals surface area contributed by atoms with E-state index in [1.54, 1.807) is 37.5 Å². The number of pyridine rings is 1. The highest BCUT2D eigenvalue weighted by molar-refractivity contribution is 7.08. The molecule has 2 saturated heterocycles. The molecule has 2 fully saturated rings. The Morgan fingerprint density at radius 1 is 0.923 bits per heavy atom. The molecule has 0 bridgehead atoms. The van der Waals surface area contributed by atoms with E-state index in [1.165, 1.54) is 0 Å². The summed E-state index contributed by atoms with van der Waals surface area (Å²) in [7, 11) is 0. The van der Waals surface area contributed by atoms with Crippen molar-refractivity contribution < 1.29 is 14.4 Å². The lowest BCUT2D eigenvalue weighted by atomic mass is 10.1. The number of hydrogen-bond acceptors (Lipinski definition) is 9. The smallest absolute Gasteiger partial charge is 0.269 e. The maximum absolute atomic E-state index is 13.4. The second-order valence-corrected chi connectivity index (χ2v) is 10.4. The molecule has 11 nitrogen and oxygen atoms in total. The van der Waals surface area contributed by atoms with Crippen LogP contribution in [0.4, 0.5) is 11.4 Å². The van der Waals surface area contributed by atoms with Gasteiger partial charge < -0.3 is 25.3 Å². The number of amides is 3. The van der Waals surface area contributed by atoms with Crippen LogP contribution in [0.2, 0.25) is 0 Å². The maximum Gasteiger partial charge on any atom is 0.269 e. The molecule has 5 rings (SSSR count). The number of nitrogens with zero attached hydrogens (tertiary/aromatic N) is 6. The van der Waals surface area contributed by atoms with E-state index in [9.17, 15) is 14.4 Å². The average molecular weight is 549 g/mol. The van der Waals surface area contributed by atoms with Crippen molar-refractivity contribution in [2.75, 3.05) is 62.6 Å². The van der Waals surface area contributed by atoms with Crippen LogP contribution in [0.1, 0.15) is 48.9 Å². The Labute approximate surface area is 231 Å². The van der Waals surface area contributed by atoms with Gasteiger partial charge in [-0.2, -0.15) is 0 Å². The van der Waals surface area contributed by atoms with Gasteiger partial charge in [0.2, 0.25) is 0 Å². The quantitative estimate of drug-likeness (QED) is 0.498. The van der Waals surface area contributed by atoms with Gasteiger partial charge in [0.1, 0.15) is 4.88 Å². The highest BCUT2D eigenvalue weighted by atomic mass is 32.1. The van der Waals surface area contributed by atoms with E-state index >= 15 is 0 Å². The number of anilines is 2. The normalized spacial score (nSPS) is 16.4. The number of carbonyl (C=O) groups excluding carboxylic acids is 3. The minimum Gasteiger partial charge on any atom is -0.368 e. The van der Waals surface area contributed by atoms with Gasteiger partial charge in [-0.05, 0) is 68.2 Å². The largest absolute Gasteiger partial charge is 0.368 e. The van der Waals surface area contributed by atoms with Crippen molar-refractivity contribution in [3.63, 3.8) is 0 Å². The first-order chi connectivity index (χ1) is 19.0. The number of rotatable bonds is 5. The van der Waals surface area contributed by atoms with Gasteiger partial charge in [-0.1, -0.05) is 4.49 Å². The molecular formula is C27H32N8O3S. The second kappa shape index (κ2) is 12.3. The van der Waals surface area contributed by atoms with Crippen LogP contribution in [-0.2, 0) is 0 Å². The molecule has 0 unspecified atom stereocenters. The van der Waals surface area contributed by atoms with E-state index in [-0.39, 0.29) is 17.7 Å². The Morgan fingerprint density at radius 2 is 1.74 bits per heavy atom. The third-order valence-corrected chi connectivity index (χ3v) is 7.84. The molecule has 1 aromatic carbocycles. The van der Waals surface area contributed by atoms with E-state index < -0.39 is 0 Å². The van der Waals surface area contributed by atoms with Crippen molar-refractivity contribution >= 4 is 40.6 Å². The lowest BCUT2D eigenvalue weighted by Crippen LogP contribution is -2.35. The van der Waals surface area contributed by atoms with Gasteiger partial charge in [-0.3, -0.25) is 19.4 Å². The molecule has 39 heavy (non-hydrogen) atoms. The average Bonchev–Trinajstić information content (AvgIpc) is 3.14. The number of aryl methyl sites for hydroxylation is 1. The van der Waals surface area contributed by atoms with Crippen molar-refractivity contribution in [2.45, 2.75) is 19.8 Å². The first kappa shape index (κ1) is 26.7. The SMILES string of the molecule is Cc1nnsc1C(=O)Nc1cc(C(=O)N2CCCNCC2)ccc1N1CCCN(C(=O)c2cccnc2)CC1. The number of aromatic nitrogens is 3. The molecule has 2 aliphatic rings. The van der Waals surface area contributed by atoms with Crippen LogP contribution in [-0.4, -0.2) is 94.5 Å². The highest BCUT2D eigenvalue weighted by Gasteiger charge is 2.25. The second-order valence-electron chi connectivity index (χ2n) is 9.64. The van der Waals surface area contributed by atoms with Crippen molar-refractivity contribution in [1.82, 2.24) is 29.7 Å². The number of benzene rings is 1. The van der Waals surface area contributed by atoms with Crippen LogP contribution in [0.5, 0.6) is 0 Å². The van der Waals surface area contributed by atoms with E-state index in [1.807, 2.05) is 21.9 Å². The number of hydrogen-bond donors (Lipinski definition) is 2. The molecule has 0 atom stereocenters. The molecule has 0 saturated carbocycles. The summed E-state index contributed by atoms with van der Waals surface area (Å²) in [6.07, 6.45) is 4.90. The zero-order valence-electron chi connectivity index (χ0n) is 21.9. The third kappa shape index (κ3) is 6.23. The zero-order chi connectivity index (χ0) is 27.2. The van der Waals surface area contributed by atoms with E-state index in [2.05, 4.69) is 30.1 Å². The van der Waals surface area contributed by atoms with Gasteiger partial charge in [0.05, 0.1) is 22.6 Å². The highest BCUT2D eigenvalue weighted by Crippen LogP contribution is 2.30. The predicted octanol–water partition coefficient (Wildman–Crippen LogP) is 2.28. The van der Waals surface area contributed by atoms with E-state index in [4.69, 9.17) is 0 Å². The Hall–Kier alpha value is -3.90. The molecule has 0 spiro atoms. The molecule has 3 aromatic rings. The first-order valence-corrected chi connectivity index (χ1v) is 14.0. The molecule has 3 amide bonds. The maximum atomic E-state index is 13.4. The molecule has 0 aliphatic carbocycles. The molecule has 2 N–H and O–H groups in total. The zero-order valence-corrected chi connectivity index (χ0v) is 22.7. The van der Waals surface area contributed by atoms with Crippen LogP contribution in [0.25, 0.3) is 0 Å². The Morgan fingerprint density at radius 3 is 2.54 bits per heavy atom. The summed E-state index contributed by atoms with van der Waals surface area (Å²) >= 11 is 1.04. The minimum absolute atomic E-state index is 0.0421. The monoisotopic (exact) mass is 548 g/mol. The lowest BCUT2D eigenvalue weighted by Gasteiger charge is -2.27. The molecule has 204 valence electrons. The standard InChI is InChI=1S/C27H32N8O3S/c1-19-24(39-32-31-19)25(36)30-22-17-20(26(37)34-11-3-9-28-10-14-34)6-7-23(22)33-12-4-13-35(16-15-33)27(38)21-5-2-8-29-18-21/h2,5-8,17-18,28H,3-4,9-16H2,1H3,(H,30,36). The van der Waals surface area contributed by atoms with Crippen LogP contribution in [0.3, 0.4) is 0 Å². The van der Waals surface area contributed by atoms with Gasteiger partial charge in [0, 0.05) is 63.8 Å². The molecule has 12 heteroatoms. The summed E-state index contributed by atoms with van der Waals surface area (Å²) in [6, 6.07) is 9.03.